The predicted molar refractivity (Wildman–Crippen MR) is 100 cm³/mol. The lowest BCUT2D eigenvalue weighted by Gasteiger charge is -2.35. The van der Waals surface area contributed by atoms with Crippen molar-refractivity contribution in [1.82, 2.24) is 10.2 Å². The molecule has 1 aromatic carbocycles. The molecule has 5 nitrogen and oxygen atoms in total. The number of nitrogens with one attached hydrogen (secondary N) is 2. The number of methoxy groups -OCH3 is 1. The summed E-state index contributed by atoms with van der Waals surface area (Å²) in [6, 6.07) is 10.9. The van der Waals surface area contributed by atoms with Gasteiger partial charge in [0.15, 0.2) is 0 Å². The lowest BCUT2D eigenvalue weighted by atomic mass is 10.1. The molecule has 6 heteroatoms. The molecule has 4 rings (SSSR count). The summed E-state index contributed by atoms with van der Waals surface area (Å²) < 4.78 is 5.24. The van der Waals surface area contributed by atoms with Crippen molar-refractivity contribution in [1.29, 1.82) is 0 Å². The zero-order chi connectivity index (χ0) is 16.4. The third kappa shape index (κ3) is 3.05. The van der Waals surface area contributed by atoms with Crippen LogP contribution in [0.4, 0.5) is 16.4 Å². The molecule has 0 spiro atoms. The van der Waals surface area contributed by atoms with Crippen molar-refractivity contribution in [2.24, 2.45) is 4.99 Å². The molecule has 1 saturated heterocycles. The highest BCUT2D eigenvalue weighted by Crippen LogP contribution is 2.37. The number of ether oxygens (including phenoxy) is 1. The Morgan fingerprint density at radius 3 is 3.17 bits per heavy atom. The van der Waals surface area contributed by atoms with Crippen LogP contribution in [-0.2, 0) is 4.74 Å². The Morgan fingerprint density at radius 2 is 2.25 bits per heavy atom. The van der Waals surface area contributed by atoms with Crippen LogP contribution in [0.25, 0.3) is 0 Å². The highest BCUT2D eigenvalue weighted by atomic mass is 32.1. The highest BCUT2D eigenvalue weighted by molar-refractivity contribution is 7.14. The van der Waals surface area contributed by atoms with Gasteiger partial charge in [0, 0.05) is 39.4 Å². The molecule has 1 aromatic heterocycles. The van der Waals surface area contributed by atoms with Gasteiger partial charge in [0.05, 0.1) is 16.9 Å². The summed E-state index contributed by atoms with van der Waals surface area (Å²) in [5.41, 5.74) is 3.27. The fraction of sp³-hybridized carbons (Fsp3) is 0.389. The average molecular weight is 342 g/mol. The molecule has 2 N–H and O–H groups in total. The molecule has 126 valence electrons. The summed E-state index contributed by atoms with van der Waals surface area (Å²) in [5, 5.41) is 10.4. The molecule has 3 heterocycles. The number of aliphatic imine (C=N–C) groups is 1. The normalized spacial score (nSPS) is 19.8. The van der Waals surface area contributed by atoms with Crippen molar-refractivity contribution < 1.29 is 4.74 Å². The second-order valence-electron chi connectivity index (χ2n) is 6.12. The molecular formula is C18H22N4OS. The molecule has 0 saturated carbocycles. The van der Waals surface area contributed by atoms with E-state index in [1.807, 2.05) is 12.1 Å². The maximum atomic E-state index is 5.24. The molecule has 1 atom stereocenters. The van der Waals surface area contributed by atoms with Gasteiger partial charge in [-0.2, -0.15) is 0 Å². The van der Waals surface area contributed by atoms with Crippen LogP contribution in [0.3, 0.4) is 0 Å². The molecule has 0 amide bonds. The van der Waals surface area contributed by atoms with E-state index in [4.69, 9.17) is 9.73 Å². The van der Waals surface area contributed by atoms with E-state index in [-0.39, 0.29) is 0 Å². The van der Waals surface area contributed by atoms with Crippen LogP contribution in [0.5, 0.6) is 0 Å². The lowest BCUT2D eigenvalue weighted by Crippen LogP contribution is -2.53. The number of hydrogen-bond donors (Lipinski definition) is 2. The van der Waals surface area contributed by atoms with E-state index >= 15 is 0 Å². The maximum absolute atomic E-state index is 5.24. The van der Waals surface area contributed by atoms with Gasteiger partial charge < -0.3 is 20.3 Å². The number of rotatable bonds is 3. The predicted octanol–water partition coefficient (Wildman–Crippen LogP) is 3.19. The second-order valence-corrected chi connectivity index (χ2v) is 7.04. The van der Waals surface area contributed by atoms with Crippen molar-refractivity contribution in [3.05, 3.63) is 41.3 Å². The molecule has 0 radical (unpaired) electrons. The Balaban J connectivity index is 1.67. The standard InChI is InChI=1S/C18H22N4OS/c1-23-10-6-13-12-22(9-8-19-13)17-14-7-11-24-18(14)21-16-5-3-2-4-15(16)20-17/h2-5,7,11,13,19,21H,6,8-10,12H2,1H3/t13-/m0/s1. The first-order valence-electron chi connectivity index (χ1n) is 8.35. The number of amidine groups is 1. The first kappa shape index (κ1) is 15.6. The van der Waals surface area contributed by atoms with E-state index in [9.17, 15) is 0 Å². The Labute approximate surface area is 146 Å². The third-order valence-electron chi connectivity index (χ3n) is 4.51. The molecule has 0 aliphatic carbocycles. The number of hydrogen-bond acceptors (Lipinski definition) is 6. The number of nitrogens with zero attached hydrogens (tertiary/aromatic N) is 2. The van der Waals surface area contributed by atoms with Crippen LogP contribution in [0.1, 0.15) is 12.0 Å². The molecule has 1 fully saturated rings. The topological polar surface area (TPSA) is 48.9 Å². The summed E-state index contributed by atoms with van der Waals surface area (Å²) in [7, 11) is 1.76. The Morgan fingerprint density at radius 1 is 1.33 bits per heavy atom. The van der Waals surface area contributed by atoms with E-state index in [0.29, 0.717) is 6.04 Å². The van der Waals surface area contributed by atoms with Gasteiger partial charge in [0.2, 0.25) is 0 Å². The van der Waals surface area contributed by atoms with Crippen molar-refractivity contribution in [2.45, 2.75) is 12.5 Å². The van der Waals surface area contributed by atoms with E-state index in [1.165, 1.54) is 10.6 Å². The van der Waals surface area contributed by atoms with Gasteiger partial charge in [-0.1, -0.05) is 12.1 Å². The van der Waals surface area contributed by atoms with Crippen LogP contribution in [0.2, 0.25) is 0 Å². The average Bonchev–Trinajstić information content (AvgIpc) is 3.01. The number of thiophene rings is 1. The fourth-order valence-corrected chi connectivity index (χ4v) is 4.06. The van der Waals surface area contributed by atoms with Gasteiger partial charge in [-0.3, -0.25) is 0 Å². The van der Waals surface area contributed by atoms with Gasteiger partial charge in [0.25, 0.3) is 0 Å². The van der Waals surface area contributed by atoms with Crippen molar-refractivity contribution >= 4 is 33.5 Å². The van der Waals surface area contributed by atoms with Gasteiger partial charge in [0.1, 0.15) is 10.8 Å². The zero-order valence-corrected chi connectivity index (χ0v) is 14.6. The van der Waals surface area contributed by atoms with E-state index < -0.39 is 0 Å². The minimum Gasteiger partial charge on any atom is -0.385 e. The summed E-state index contributed by atoms with van der Waals surface area (Å²) in [5.74, 6) is 1.08. The largest absolute Gasteiger partial charge is 0.385 e. The quantitative estimate of drug-likeness (QED) is 0.899. The van der Waals surface area contributed by atoms with E-state index in [0.717, 1.165) is 49.9 Å². The van der Waals surface area contributed by atoms with Gasteiger partial charge in [-0.25, -0.2) is 4.99 Å². The number of anilines is 2. The van der Waals surface area contributed by atoms with Crippen molar-refractivity contribution in [2.75, 3.05) is 38.7 Å². The van der Waals surface area contributed by atoms with Crippen LogP contribution < -0.4 is 10.6 Å². The summed E-state index contributed by atoms with van der Waals surface area (Å²) >= 11 is 1.73. The minimum atomic E-state index is 0.440. The van der Waals surface area contributed by atoms with Gasteiger partial charge >= 0.3 is 0 Å². The fourth-order valence-electron chi connectivity index (χ4n) is 3.27. The smallest absolute Gasteiger partial charge is 0.139 e. The van der Waals surface area contributed by atoms with Crippen molar-refractivity contribution in [3.8, 4) is 0 Å². The van der Waals surface area contributed by atoms with Crippen LogP contribution in [-0.4, -0.2) is 50.1 Å². The first-order chi connectivity index (χ1) is 11.8. The second kappa shape index (κ2) is 6.93. The molecule has 24 heavy (non-hydrogen) atoms. The van der Waals surface area contributed by atoms with Crippen LogP contribution in [0.15, 0.2) is 40.7 Å². The number of benzene rings is 1. The van der Waals surface area contributed by atoms with E-state index in [1.54, 1.807) is 18.4 Å². The Bertz CT molecular complexity index is 742. The van der Waals surface area contributed by atoms with E-state index in [2.05, 4.69) is 39.1 Å². The monoisotopic (exact) mass is 342 g/mol. The van der Waals surface area contributed by atoms with Crippen LogP contribution >= 0.6 is 11.3 Å². The Hall–Kier alpha value is -1.89. The number of fused-ring (bicyclic) bond motifs is 2. The zero-order valence-electron chi connectivity index (χ0n) is 13.8. The molecular weight excluding hydrogens is 320 g/mol. The lowest BCUT2D eigenvalue weighted by molar-refractivity contribution is 0.168. The Kier molecular flexibility index (Phi) is 4.51. The minimum absolute atomic E-state index is 0.440. The molecule has 2 aliphatic rings. The summed E-state index contributed by atoms with van der Waals surface area (Å²) in [6.07, 6.45) is 1.02. The third-order valence-corrected chi connectivity index (χ3v) is 5.34. The summed E-state index contributed by atoms with van der Waals surface area (Å²) in [6.45, 7) is 3.69. The highest BCUT2D eigenvalue weighted by Gasteiger charge is 2.26. The van der Waals surface area contributed by atoms with Crippen molar-refractivity contribution in [3.63, 3.8) is 0 Å². The molecule has 2 aromatic rings. The molecule has 0 unspecified atom stereocenters. The summed E-state index contributed by atoms with van der Waals surface area (Å²) in [4.78, 5) is 7.43. The maximum Gasteiger partial charge on any atom is 0.139 e. The number of para-hydroxylation sites is 2. The first-order valence-corrected chi connectivity index (χ1v) is 9.23. The number of piperazine rings is 1. The van der Waals surface area contributed by atoms with Gasteiger partial charge in [-0.15, -0.1) is 11.3 Å². The molecule has 2 aliphatic heterocycles. The van der Waals surface area contributed by atoms with Crippen LogP contribution in [0, 0.1) is 0 Å². The van der Waals surface area contributed by atoms with Gasteiger partial charge in [-0.05, 0) is 30.0 Å². The SMILES string of the molecule is COCC[C@H]1CN(C2=Nc3ccccc3Nc3sccc32)CCN1. The molecule has 0 bridgehead atoms.